The van der Waals surface area contributed by atoms with E-state index in [1.807, 2.05) is 13.8 Å². The average molecular weight is 476 g/mol. The minimum Gasteiger partial charge on any atom is -0.493 e. The fourth-order valence-corrected chi connectivity index (χ4v) is 3.69. The quantitative estimate of drug-likeness (QED) is 0.187. The summed E-state index contributed by atoms with van der Waals surface area (Å²) in [5.74, 6) is -2.49. The van der Waals surface area contributed by atoms with Gasteiger partial charge in [0.1, 0.15) is 17.7 Å². The van der Waals surface area contributed by atoms with E-state index in [9.17, 15) is 19.2 Å². The van der Waals surface area contributed by atoms with Gasteiger partial charge in [-0.2, -0.15) is 5.26 Å². The number of hydrogen-bond donors (Lipinski definition) is 0. The largest absolute Gasteiger partial charge is 0.493 e. The Morgan fingerprint density at radius 3 is 2.17 bits per heavy atom. The Bertz CT molecular complexity index is 1220. The van der Waals surface area contributed by atoms with E-state index in [0.29, 0.717) is 5.56 Å². The maximum Gasteiger partial charge on any atom is 0.348 e. The van der Waals surface area contributed by atoms with Gasteiger partial charge in [-0.05, 0) is 48.2 Å². The van der Waals surface area contributed by atoms with Crippen molar-refractivity contribution in [3.63, 3.8) is 0 Å². The molecule has 35 heavy (non-hydrogen) atoms. The molecule has 180 valence electrons. The van der Waals surface area contributed by atoms with E-state index in [4.69, 9.17) is 14.7 Å². The number of nitrogens with zero attached hydrogens (tertiary/aromatic N) is 2. The predicted octanol–water partition coefficient (Wildman–Crippen LogP) is 3.39. The molecule has 9 heteroatoms. The number of methoxy groups -OCH3 is 2. The molecule has 0 fully saturated rings. The van der Waals surface area contributed by atoms with Crippen LogP contribution in [0.1, 0.15) is 46.5 Å². The van der Waals surface area contributed by atoms with Crippen LogP contribution in [0.15, 0.2) is 48.0 Å². The number of amides is 2. The van der Waals surface area contributed by atoms with Gasteiger partial charge in [-0.25, -0.2) is 9.59 Å². The van der Waals surface area contributed by atoms with E-state index >= 15 is 0 Å². The smallest absolute Gasteiger partial charge is 0.348 e. The molecule has 2 amide bonds. The van der Waals surface area contributed by atoms with Gasteiger partial charge >= 0.3 is 11.9 Å². The van der Waals surface area contributed by atoms with Crippen LogP contribution in [-0.4, -0.2) is 48.9 Å². The van der Waals surface area contributed by atoms with Crippen LogP contribution in [-0.2, 0) is 14.3 Å². The first-order valence-electron chi connectivity index (χ1n) is 10.8. The average Bonchev–Trinajstić information content (AvgIpc) is 3.10. The maximum absolute atomic E-state index is 13.2. The van der Waals surface area contributed by atoms with Gasteiger partial charge in [0, 0.05) is 0 Å². The van der Waals surface area contributed by atoms with E-state index in [1.54, 1.807) is 30.3 Å². The molecule has 0 unspecified atom stereocenters. The molecule has 1 aliphatic rings. The van der Waals surface area contributed by atoms with E-state index in [-0.39, 0.29) is 40.5 Å². The Morgan fingerprint density at radius 2 is 1.66 bits per heavy atom. The molecule has 1 aliphatic heterocycles. The molecule has 0 bridgehead atoms. The highest BCUT2D eigenvalue weighted by atomic mass is 16.6. The summed E-state index contributed by atoms with van der Waals surface area (Å²) in [6.45, 7) is 3.74. The van der Waals surface area contributed by atoms with E-state index in [1.165, 1.54) is 38.5 Å². The van der Waals surface area contributed by atoms with Gasteiger partial charge in [0.25, 0.3) is 11.8 Å². The van der Waals surface area contributed by atoms with Gasteiger partial charge in [0.05, 0.1) is 25.3 Å². The summed E-state index contributed by atoms with van der Waals surface area (Å²) in [5, 5.41) is 9.15. The zero-order chi connectivity index (χ0) is 25.7. The molecule has 0 saturated heterocycles. The summed E-state index contributed by atoms with van der Waals surface area (Å²) in [4.78, 5) is 51.8. The number of benzene rings is 2. The highest BCUT2D eigenvalue weighted by Crippen LogP contribution is 2.32. The highest BCUT2D eigenvalue weighted by molar-refractivity contribution is 6.22. The lowest BCUT2D eigenvalue weighted by Gasteiger charge is -2.26. The van der Waals surface area contributed by atoms with Crippen molar-refractivity contribution in [2.75, 3.05) is 14.2 Å². The molecule has 0 N–H and O–H groups in total. The lowest BCUT2D eigenvalue weighted by molar-refractivity contribution is -0.139. The molecule has 3 rings (SSSR count). The number of carbonyl (C=O) groups is 4. The first-order valence-corrected chi connectivity index (χ1v) is 10.8. The number of imide groups is 1. The second-order valence-electron chi connectivity index (χ2n) is 8.16. The summed E-state index contributed by atoms with van der Waals surface area (Å²) in [6, 6.07) is 11.4. The van der Waals surface area contributed by atoms with Gasteiger partial charge in [0.15, 0.2) is 11.5 Å². The normalized spacial score (nSPS) is 13.8. The third-order valence-electron chi connectivity index (χ3n) is 5.34. The molecule has 0 radical (unpaired) electrons. The second kappa shape index (κ2) is 10.7. The summed E-state index contributed by atoms with van der Waals surface area (Å²) in [7, 11) is 2.53. The Labute approximate surface area is 202 Å². The van der Waals surface area contributed by atoms with Crippen LogP contribution in [0.25, 0.3) is 6.08 Å². The number of esters is 2. The van der Waals surface area contributed by atoms with Crippen LogP contribution >= 0.6 is 0 Å². The number of carbonyl (C=O) groups excluding carboxylic acids is 4. The zero-order valence-corrected chi connectivity index (χ0v) is 19.7. The third kappa shape index (κ3) is 5.22. The van der Waals surface area contributed by atoms with Crippen LogP contribution in [0.5, 0.6) is 11.5 Å². The molecule has 1 heterocycles. The Balaban J connectivity index is 1.91. The summed E-state index contributed by atoms with van der Waals surface area (Å²) in [5.41, 5.74) is 0.697. The fraction of sp³-hybridized carbons (Fsp3) is 0.269. The number of nitriles is 1. The fourth-order valence-electron chi connectivity index (χ4n) is 3.69. The van der Waals surface area contributed by atoms with Gasteiger partial charge in [-0.15, -0.1) is 0 Å². The molecule has 2 aromatic rings. The Morgan fingerprint density at radius 1 is 1.03 bits per heavy atom. The van der Waals surface area contributed by atoms with Gasteiger partial charge in [-0.1, -0.05) is 32.0 Å². The van der Waals surface area contributed by atoms with Gasteiger partial charge in [0.2, 0.25) is 0 Å². The molecular weight excluding hydrogens is 452 g/mol. The van der Waals surface area contributed by atoms with Crippen molar-refractivity contribution in [3.8, 4) is 17.6 Å². The van der Waals surface area contributed by atoms with Gasteiger partial charge < -0.3 is 14.2 Å². The minimum atomic E-state index is -1.14. The number of rotatable bonds is 8. The van der Waals surface area contributed by atoms with E-state index in [2.05, 4.69) is 4.74 Å². The SMILES string of the molecule is COC(=O)/C(C#N)=C/c1ccc(OC(=O)[C@@H](CC(C)C)N2C(=O)c3ccccc3C2=O)c(OC)c1. The van der Waals surface area contributed by atoms with Crippen LogP contribution in [0.4, 0.5) is 0 Å². The molecular formula is C26H24N2O7. The molecule has 0 spiro atoms. The van der Waals surface area contributed by atoms with Crippen LogP contribution in [0.2, 0.25) is 0 Å². The first kappa shape index (κ1) is 25.2. The van der Waals surface area contributed by atoms with Crippen LogP contribution in [0, 0.1) is 17.2 Å². The minimum absolute atomic E-state index is 0.0194. The first-order chi connectivity index (χ1) is 16.7. The number of fused-ring (bicyclic) bond motifs is 1. The third-order valence-corrected chi connectivity index (χ3v) is 5.34. The molecule has 2 aromatic carbocycles. The van der Waals surface area contributed by atoms with Crippen molar-refractivity contribution in [2.24, 2.45) is 5.92 Å². The molecule has 0 aliphatic carbocycles. The van der Waals surface area contributed by atoms with E-state index < -0.39 is 29.8 Å². The van der Waals surface area contributed by atoms with E-state index in [0.717, 1.165) is 4.90 Å². The van der Waals surface area contributed by atoms with Crippen LogP contribution in [0.3, 0.4) is 0 Å². The number of ether oxygens (including phenoxy) is 3. The van der Waals surface area contributed by atoms with Crippen LogP contribution < -0.4 is 9.47 Å². The topological polar surface area (TPSA) is 123 Å². The molecule has 0 saturated carbocycles. The molecule has 9 nitrogen and oxygen atoms in total. The lowest BCUT2D eigenvalue weighted by atomic mass is 10.0. The monoisotopic (exact) mass is 476 g/mol. The summed E-state index contributed by atoms with van der Waals surface area (Å²) < 4.78 is 15.5. The standard InChI is InChI=1S/C26H24N2O7/c1-15(2)11-20(28-23(29)18-7-5-6-8-19(18)24(28)30)26(32)35-21-10-9-16(13-22(21)33-3)12-17(14-27)25(31)34-4/h5-10,12-13,15,20H,11H2,1-4H3/b17-12+/t20-/m1/s1. The van der Waals surface area contributed by atoms with Crippen molar-refractivity contribution < 1.29 is 33.4 Å². The van der Waals surface area contributed by atoms with Crippen molar-refractivity contribution in [1.29, 1.82) is 5.26 Å². The van der Waals surface area contributed by atoms with Gasteiger partial charge in [-0.3, -0.25) is 14.5 Å². The Kier molecular flexibility index (Phi) is 7.66. The van der Waals surface area contributed by atoms with Crippen molar-refractivity contribution in [2.45, 2.75) is 26.3 Å². The summed E-state index contributed by atoms with van der Waals surface area (Å²) >= 11 is 0. The van der Waals surface area contributed by atoms with Crippen molar-refractivity contribution >= 4 is 29.8 Å². The van der Waals surface area contributed by atoms with Crippen molar-refractivity contribution in [3.05, 3.63) is 64.7 Å². The number of hydrogen-bond acceptors (Lipinski definition) is 8. The molecule has 1 atom stereocenters. The summed E-state index contributed by atoms with van der Waals surface area (Å²) in [6.07, 6.45) is 1.51. The molecule has 0 aromatic heterocycles. The Hall–Kier alpha value is -4.45. The maximum atomic E-state index is 13.2. The zero-order valence-electron chi connectivity index (χ0n) is 19.7. The second-order valence-corrected chi connectivity index (χ2v) is 8.16. The highest BCUT2D eigenvalue weighted by Gasteiger charge is 2.43. The van der Waals surface area contributed by atoms with Crippen molar-refractivity contribution in [1.82, 2.24) is 4.90 Å². The predicted molar refractivity (Wildman–Crippen MR) is 124 cm³/mol. The lowest BCUT2D eigenvalue weighted by Crippen LogP contribution is -2.47.